The van der Waals surface area contributed by atoms with Gasteiger partial charge in [0.25, 0.3) is 0 Å². The number of carbonyl (C=O) groups is 3. The first-order chi connectivity index (χ1) is 11.0. The maximum atomic E-state index is 12.4. The van der Waals surface area contributed by atoms with Crippen LogP contribution in [0.5, 0.6) is 0 Å². The van der Waals surface area contributed by atoms with Crippen molar-refractivity contribution in [3.63, 3.8) is 0 Å². The summed E-state index contributed by atoms with van der Waals surface area (Å²) in [6, 6.07) is 8.25. The van der Waals surface area contributed by atoms with E-state index in [1.165, 1.54) is 11.8 Å². The molecule has 1 aromatic carbocycles. The number of carbonyl (C=O) groups excluding carboxylic acids is 2. The molecule has 0 bridgehead atoms. The van der Waals surface area contributed by atoms with Crippen LogP contribution in [0.4, 0.5) is 0 Å². The zero-order chi connectivity index (χ0) is 17.2. The van der Waals surface area contributed by atoms with Gasteiger partial charge in [0.1, 0.15) is 6.04 Å². The molecule has 1 unspecified atom stereocenters. The van der Waals surface area contributed by atoms with E-state index >= 15 is 0 Å². The first-order valence-corrected chi connectivity index (χ1v) is 7.78. The smallest absolute Gasteiger partial charge is 0.326 e. The largest absolute Gasteiger partial charge is 0.480 e. The summed E-state index contributed by atoms with van der Waals surface area (Å²) < 4.78 is 0. The molecule has 0 aromatic heterocycles. The van der Waals surface area contributed by atoms with E-state index in [2.05, 4.69) is 5.32 Å². The van der Waals surface area contributed by atoms with Crippen LogP contribution in [-0.2, 0) is 20.9 Å². The Morgan fingerprint density at radius 2 is 1.83 bits per heavy atom. The SMILES string of the molecule is CCCNC(=O)CCC(=O)N(Cc1ccccc1)C(C)C(=O)O. The van der Waals surface area contributed by atoms with E-state index in [0.717, 1.165) is 12.0 Å². The highest BCUT2D eigenvalue weighted by Gasteiger charge is 2.25. The van der Waals surface area contributed by atoms with Crippen LogP contribution in [0.1, 0.15) is 38.7 Å². The monoisotopic (exact) mass is 320 g/mol. The fourth-order valence-electron chi connectivity index (χ4n) is 2.07. The van der Waals surface area contributed by atoms with E-state index in [0.29, 0.717) is 6.54 Å². The molecule has 1 aromatic rings. The van der Waals surface area contributed by atoms with Gasteiger partial charge in [0.15, 0.2) is 0 Å². The number of carboxylic acids is 1. The number of nitrogens with zero attached hydrogens (tertiary/aromatic N) is 1. The van der Waals surface area contributed by atoms with Crippen molar-refractivity contribution in [3.05, 3.63) is 35.9 Å². The molecule has 0 heterocycles. The number of hydrogen-bond donors (Lipinski definition) is 2. The van der Waals surface area contributed by atoms with Crippen molar-refractivity contribution < 1.29 is 19.5 Å². The lowest BCUT2D eigenvalue weighted by atomic mass is 10.1. The van der Waals surface area contributed by atoms with Gasteiger partial charge in [-0.25, -0.2) is 4.79 Å². The van der Waals surface area contributed by atoms with Crippen molar-refractivity contribution in [2.24, 2.45) is 0 Å². The van der Waals surface area contributed by atoms with Gasteiger partial charge in [-0.15, -0.1) is 0 Å². The zero-order valence-electron chi connectivity index (χ0n) is 13.6. The van der Waals surface area contributed by atoms with E-state index in [1.807, 2.05) is 37.3 Å². The number of hydrogen-bond acceptors (Lipinski definition) is 3. The number of rotatable bonds is 9. The van der Waals surface area contributed by atoms with E-state index in [4.69, 9.17) is 0 Å². The van der Waals surface area contributed by atoms with Gasteiger partial charge in [0.05, 0.1) is 0 Å². The Kier molecular flexibility index (Phi) is 7.80. The molecule has 0 aliphatic rings. The standard InChI is InChI=1S/C17H24N2O4/c1-3-11-18-15(20)9-10-16(21)19(13(2)17(22)23)12-14-7-5-4-6-8-14/h4-8,13H,3,9-12H2,1-2H3,(H,18,20)(H,22,23). The van der Waals surface area contributed by atoms with Gasteiger partial charge in [-0.3, -0.25) is 9.59 Å². The van der Waals surface area contributed by atoms with Crippen LogP contribution in [0.2, 0.25) is 0 Å². The number of carboxylic acid groups (broad SMARTS) is 1. The quantitative estimate of drug-likeness (QED) is 0.726. The highest BCUT2D eigenvalue weighted by Crippen LogP contribution is 2.11. The average molecular weight is 320 g/mol. The summed E-state index contributed by atoms with van der Waals surface area (Å²) >= 11 is 0. The Labute approximate surface area is 136 Å². The molecular formula is C17H24N2O4. The number of nitrogens with one attached hydrogen (secondary N) is 1. The van der Waals surface area contributed by atoms with Crippen LogP contribution < -0.4 is 5.32 Å². The summed E-state index contributed by atoms with van der Waals surface area (Å²) in [6.45, 7) is 4.21. The van der Waals surface area contributed by atoms with Gasteiger partial charge in [0, 0.05) is 25.9 Å². The summed E-state index contributed by atoms with van der Waals surface area (Å²) in [6.07, 6.45) is 0.895. The minimum Gasteiger partial charge on any atom is -0.480 e. The second-order valence-electron chi connectivity index (χ2n) is 5.37. The predicted molar refractivity (Wildman–Crippen MR) is 86.6 cm³/mol. The van der Waals surface area contributed by atoms with Crippen LogP contribution >= 0.6 is 0 Å². The third-order valence-electron chi connectivity index (χ3n) is 3.48. The highest BCUT2D eigenvalue weighted by molar-refractivity contribution is 5.86. The minimum atomic E-state index is -1.07. The fraction of sp³-hybridized carbons (Fsp3) is 0.471. The Morgan fingerprint density at radius 1 is 1.17 bits per heavy atom. The maximum absolute atomic E-state index is 12.4. The van der Waals surface area contributed by atoms with Crippen molar-refractivity contribution >= 4 is 17.8 Å². The molecule has 0 aliphatic heterocycles. The zero-order valence-corrected chi connectivity index (χ0v) is 13.6. The van der Waals surface area contributed by atoms with Crippen LogP contribution in [0.15, 0.2) is 30.3 Å². The molecular weight excluding hydrogens is 296 g/mol. The lowest BCUT2D eigenvalue weighted by molar-refractivity contribution is -0.150. The van der Waals surface area contributed by atoms with Gasteiger partial charge in [-0.2, -0.15) is 0 Å². The molecule has 126 valence electrons. The summed E-state index contributed by atoms with van der Waals surface area (Å²) in [5.74, 6) is -1.59. The second-order valence-corrected chi connectivity index (χ2v) is 5.37. The van der Waals surface area contributed by atoms with E-state index in [1.54, 1.807) is 0 Å². The molecule has 0 spiro atoms. The van der Waals surface area contributed by atoms with Crippen LogP contribution in [0.25, 0.3) is 0 Å². The summed E-state index contributed by atoms with van der Waals surface area (Å²) in [5.41, 5.74) is 0.851. The normalized spacial score (nSPS) is 11.6. The van der Waals surface area contributed by atoms with Crippen molar-refractivity contribution in [3.8, 4) is 0 Å². The molecule has 2 N–H and O–H groups in total. The number of amides is 2. The van der Waals surface area contributed by atoms with Gasteiger partial charge in [-0.1, -0.05) is 37.3 Å². The maximum Gasteiger partial charge on any atom is 0.326 e. The summed E-state index contributed by atoms with van der Waals surface area (Å²) in [5, 5.41) is 11.9. The van der Waals surface area contributed by atoms with Gasteiger partial charge in [0.2, 0.25) is 11.8 Å². The molecule has 6 nitrogen and oxygen atoms in total. The molecule has 0 saturated carbocycles. The lowest BCUT2D eigenvalue weighted by Crippen LogP contribution is -2.43. The van der Waals surface area contributed by atoms with Crippen molar-refractivity contribution in [2.75, 3.05) is 6.54 Å². The molecule has 2 amide bonds. The van der Waals surface area contributed by atoms with E-state index in [9.17, 15) is 19.5 Å². The molecule has 0 radical (unpaired) electrons. The molecule has 23 heavy (non-hydrogen) atoms. The van der Waals surface area contributed by atoms with Gasteiger partial charge >= 0.3 is 5.97 Å². The van der Waals surface area contributed by atoms with Crippen molar-refractivity contribution in [2.45, 2.75) is 45.7 Å². The second kappa shape index (κ2) is 9.61. The topological polar surface area (TPSA) is 86.7 Å². The van der Waals surface area contributed by atoms with Gasteiger partial charge in [-0.05, 0) is 18.9 Å². The lowest BCUT2D eigenvalue weighted by Gasteiger charge is -2.26. The first kappa shape index (κ1) is 18.7. The molecule has 0 fully saturated rings. The fourth-order valence-corrected chi connectivity index (χ4v) is 2.07. The number of benzene rings is 1. The Bertz CT molecular complexity index is 531. The van der Waals surface area contributed by atoms with Crippen LogP contribution in [0, 0.1) is 0 Å². The molecule has 0 saturated heterocycles. The Hall–Kier alpha value is -2.37. The van der Waals surface area contributed by atoms with E-state index in [-0.39, 0.29) is 31.2 Å². The molecule has 0 aliphatic carbocycles. The minimum absolute atomic E-state index is 0.00000118. The van der Waals surface area contributed by atoms with Crippen molar-refractivity contribution in [1.29, 1.82) is 0 Å². The highest BCUT2D eigenvalue weighted by atomic mass is 16.4. The summed E-state index contributed by atoms with van der Waals surface area (Å²) in [4.78, 5) is 36.5. The number of aliphatic carboxylic acids is 1. The Morgan fingerprint density at radius 3 is 2.39 bits per heavy atom. The first-order valence-electron chi connectivity index (χ1n) is 7.78. The van der Waals surface area contributed by atoms with Crippen LogP contribution in [0.3, 0.4) is 0 Å². The predicted octanol–water partition coefficient (Wildman–Crippen LogP) is 1.79. The van der Waals surface area contributed by atoms with Crippen molar-refractivity contribution in [1.82, 2.24) is 10.2 Å². The third-order valence-corrected chi connectivity index (χ3v) is 3.48. The average Bonchev–Trinajstić information content (AvgIpc) is 2.55. The van der Waals surface area contributed by atoms with Gasteiger partial charge < -0.3 is 15.3 Å². The summed E-state index contributed by atoms with van der Waals surface area (Å²) in [7, 11) is 0. The molecule has 1 atom stereocenters. The third kappa shape index (κ3) is 6.50. The molecule has 1 rings (SSSR count). The molecule has 6 heteroatoms. The van der Waals surface area contributed by atoms with E-state index < -0.39 is 12.0 Å². The van der Waals surface area contributed by atoms with Crippen LogP contribution in [-0.4, -0.2) is 40.4 Å². The Balaban J connectivity index is 2.69.